The Hall–Kier alpha value is 0.360. The fourth-order valence-electron chi connectivity index (χ4n) is 2.35. The summed E-state index contributed by atoms with van der Waals surface area (Å²) in [5.41, 5.74) is 0. The molecular weight excluding hydrogens is 332 g/mol. The quantitative estimate of drug-likeness (QED) is 0.767. The maximum Gasteiger partial charge on any atom is 0.0300 e. The van der Waals surface area contributed by atoms with E-state index < -0.39 is 0 Å². The Morgan fingerprint density at radius 2 is 1.50 bits per heavy atom. The first-order valence-electron chi connectivity index (χ1n) is 5.54. The molecule has 2 atom stereocenters. The van der Waals surface area contributed by atoms with E-state index in [0.29, 0.717) is 12.1 Å². The van der Waals surface area contributed by atoms with Crippen molar-refractivity contribution in [1.29, 1.82) is 0 Å². The zero-order chi connectivity index (χ0) is 12.3. The van der Waals surface area contributed by atoms with Gasteiger partial charge in [-0.25, -0.2) is 0 Å². The molecule has 1 saturated heterocycles. The van der Waals surface area contributed by atoms with Gasteiger partial charge in [-0.05, 0) is 13.8 Å². The first-order chi connectivity index (χ1) is 7.40. The number of hydrogen-bond acceptors (Lipinski definition) is 2. The molecule has 4 heteroatoms. The van der Waals surface area contributed by atoms with Crippen LogP contribution >= 0.6 is 31.9 Å². The Morgan fingerprint density at radius 3 is 1.88 bits per heavy atom. The van der Waals surface area contributed by atoms with Gasteiger partial charge in [-0.3, -0.25) is 9.80 Å². The highest BCUT2D eigenvalue weighted by molar-refractivity contribution is 9.12. The van der Waals surface area contributed by atoms with E-state index in [1.165, 1.54) is 0 Å². The molecule has 0 aromatic heterocycles. The highest BCUT2D eigenvalue weighted by atomic mass is 79.9. The van der Waals surface area contributed by atoms with Crippen LogP contribution in [0.1, 0.15) is 13.8 Å². The lowest BCUT2D eigenvalue weighted by Crippen LogP contribution is -2.56. The van der Waals surface area contributed by atoms with Crippen LogP contribution < -0.4 is 0 Å². The topological polar surface area (TPSA) is 6.48 Å². The predicted octanol–water partition coefficient (Wildman–Crippen LogP) is 3.20. The summed E-state index contributed by atoms with van der Waals surface area (Å²) >= 11 is 6.88. The van der Waals surface area contributed by atoms with Crippen LogP contribution in [0.25, 0.3) is 0 Å². The van der Waals surface area contributed by atoms with Crippen molar-refractivity contribution in [3.05, 3.63) is 22.1 Å². The van der Waals surface area contributed by atoms with Gasteiger partial charge < -0.3 is 0 Å². The predicted molar refractivity (Wildman–Crippen MR) is 78.2 cm³/mol. The summed E-state index contributed by atoms with van der Waals surface area (Å²) in [5.74, 6) is 0. The Kier molecular flexibility index (Phi) is 5.71. The van der Waals surface area contributed by atoms with Crippen LogP contribution in [0.5, 0.6) is 0 Å². The van der Waals surface area contributed by atoms with E-state index in [0.717, 1.165) is 35.1 Å². The van der Waals surface area contributed by atoms with Crippen LogP contribution in [-0.2, 0) is 0 Å². The summed E-state index contributed by atoms with van der Waals surface area (Å²) in [6.07, 6.45) is 0. The van der Waals surface area contributed by atoms with Gasteiger partial charge in [0.1, 0.15) is 0 Å². The lowest BCUT2D eigenvalue weighted by atomic mass is 10.1. The highest BCUT2D eigenvalue weighted by Gasteiger charge is 2.29. The molecular formula is C12H20Br2N2. The van der Waals surface area contributed by atoms with Crippen molar-refractivity contribution in [1.82, 2.24) is 9.80 Å². The summed E-state index contributed by atoms with van der Waals surface area (Å²) < 4.78 is 2.12. The van der Waals surface area contributed by atoms with E-state index in [9.17, 15) is 0 Å². The molecule has 16 heavy (non-hydrogen) atoms. The van der Waals surface area contributed by atoms with Crippen molar-refractivity contribution in [3.63, 3.8) is 0 Å². The van der Waals surface area contributed by atoms with Crippen molar-refractivity contribution in [2.24, 2.45) is 0 Å². The van der Waals surface area contributed by atoms with Gasteiger partial charge in [0.05, 0.1) is 0 Å². The monoisotopic (exact) mass is 350 g/mol. The van der Waals surface area contributed by atoms with Crippen LogP contribution in [0.3, 0.4) is 0 Å². The van der Waals surface area contributed by atoms with Crippen molar-refractivity contribution < 1.29 is 0 Å². The van der Waals surface area contributed by atoms with Crippen molar-refractivity contribution >= 4 is 31.9 Å². The van der Waals surface area contributed by atoms with Gasteiger partial charge >= 0.3 is 0 Å². The van der Waals surface area contributed by atoms with E-state index in [-0.39, 0.29) is 0 Å². The van der Waals surface area contributed by atoms with Gasteiger partial charge in [-0.1, -0.05) is 45.0 Å². The van der Waals surface area contributed by atoms with Crippen LogP contribution in [0, 0.1) is 0 Å². The largest absolute Gasteiger partial charge is 0.295 e. The summed E-state index contributed by atoms with van der Waals surface area (Å²) in [4.78, 5) is 4.94. The van der Waals surface area contributed by atoms with Crippen molar-refractivity contribution in [3.8, 4) is 0 Å². The highest BCUT2D eigenvalue weighted by Crippen LogP contribution is 2.19. The zero-order valence-electron chi connectivity index (χ0n) is 10.0. The van der Waals surface area contributed by atoms with E-state index in [2.05, 4.69) is 68.7 Å². The van der Waals surface area contributed by atoms with Crippen LogP contribution in [0.2, 0.25) is 0 Å². The molecule has 0 aliphatic carbocycles. The minimum Gasteiger partial charge on any atom is -0.295 e. The number of hydrogen-bond donors (Lipinski definition) is 0. The van der Waals surface area contributed by atoms with Gasteiger partial charge in [0.25, 0.3) is 0 Å². The normalized spacial score (nSPS) is 28.0. The zero-order valence-corrected chi connectivity index (χ0v) is 13.2. The standard InChI is InChI=1S/C12H20Br2N2/c1-9(13)5-15-7-11(3)16(6-10(2)14)12(4)8-15/h11-12H,1-2,5-8H2,3-4H3/t11-,12-/m0/s1. The number of halogens is 2. The third kappa shape index (κ3) is 4.32. The van der Waals surface area contributed by atoms with Gasteiger partial charge in [0.15, 0.2) is 0 Å². The lowest BCUT2D eigenvalue weighted by Gasteiger charge is -2.44. The second kappa shape index (κ2) is 6.34. The molecule has 1 heterocycles. The van der Waals surface area contributed by atoms with E-state index in [1.807, 2.05) is 0 Å². The second-order valence-electron chi connectivity index (χ2n) is 4.60. The molecule has 1 rings (SSSR count). The SMILES string of the molecule is C=C(Br)CN1C[C@H](C)N(CC(=C)Br)[C@@H](C)C1. The fraction of sp³-hybridized carbons (Fsp3) is 0.667. The Bertz CT molecular complexity index is 266. The summed E-state index contributed by atoms with van der Waals surface area (Å²) in [5, 5.41) is 0. The van der Waals surface area contributed by atoms with Crippen LogP contribution in [-0.4, -0.2) is 48.1 Å². The van der Waals surface area contributed by atoms with Gasteiger partial charge in [-0.15, -0.1) is 0 Å². The van der Waals surface area contributed by atoms with Crippen molar-refractivity contribution in [2.75, 3.05) is 26.2 Å². The smallest absolute Gasteiger partial charge is 0.0300 e. The van der Waals surface area contributed by atoms with Gasteiger partial charge in [0, 0.05) is 47.2 Å². The first kappa shape index (κ1) is 14.4. The molecule has 0 saturated carbocycles. The molecule has 1 fully saturated rings. The summed E-state index contributed by atoms with van der Waals surface area (Å²) in [6.45, 7) is 16.4. The van der Waals surface area contributed by atoms with E-state index in [1.54, 1.807) is 0 Å². The van der Waals surface area contributed by atoms with Crippen LogP contribution in [0.15, 0.2) is 22.1 Å². The molecule has 0 radical (unpaired) electrons. The fourth-order valence-corrected chi connectivity index (χ4v) is 2.99. The van der Waals surface area contributed by atoms with E-state index in [4.69, 9.17) is 0 Å². The maximum atomic E-state index is 3.93. The van der Waals surface area contributed by atoms with Crippen LogP contribution in [0.4, 0.5) is 0 Å². The average Bonchev–Trinajstić information content (AvgIpc) is 2.10. The number of piperazine rings is 1. The summed E-state index contributed by atoms with van der Waals surface area (Å²) in [7, 11) is 0. The van der Waals surface area contributed by atoms with Gasteiger partial charge in [0.2, 0.25) is 0 Å². The molecule has 0 aromatic carbocycles. The minimum absolute atomic E-state index is 0.560. The molecule has 2 nitrogen and oxygen atoms in total. The molecule has 0 spiro atoms. The minimum atomic E-state index is 0.560. The molecule has 0 amide bonds. The summed E-state index contributed by atoms with van der Waals surface area (Å²) in [6, 6.07) is 1.12. The number of rotatable bonds is 4. The Morgan fingerprint density at radius 1 is 1.06 bits per heavy atom. The third-order valence-electron chi connectivity index (χ3n) is 2.93. The van der Waals surface area contributed by atoms with Gasteiger partial charge in [-0.2, -0.15) is 0 Å². The second-order valence-corrected chi connectivity index (χ2v) is 6.84. The van der Waals surface area contributed by atoms with E-state index >= 15 is 0 Å². The molecule has 1 aliphatic heterocycles. The molecule has 0 unspecified atom stereocenters. The molecule has 0 bridgehead atoms. The Labute approximate surface area is 116 Å². The lowest BCUT2D eigenvalue weighted by molar-refractivity contribution is 0.0540. The number of nitrogens with zero attached hydrogens (tertiary/aromatic N) is 2. The molecule has 0 aromatic rings. The molecule has 0 N–H and O–H groups in total. The average molecular weight is 352 g/mol. The Balaban J connectivity index is 2.56. The maximum absolute atomic E-state index is 3.93. The third-order valence-corrected chi connectivity index (χ3v) is 3.43. The first-order valence-corrected chi connectivity index (χ1v) is 7.13. The molecule has 92 valence electrons. The molecule has 1 aliphatic rings. The van der Waals surface area contributed by atoms with Crippen molar-refractivity contribution in [2.45, 2.75) is 25.9 Å².